The van der Waals surface area contributed by atoms with Gasteiger partial charge in [-0.15, -0.1) is 5.10 Å². The number of aldehydes is 1. The van der Waals surface area contributed by atoms with Crippen LogP contribution in [0, 0.1) is 0 Å². The summed E-state index contributed by atoms with van der Waals surface area (Å²) >= 11 is 0. The van der Waals surface area contributed by atoms with Crippen molar-refractivity contribution in [2.24, 2.45) is 0 Å². The van der Waals surface area contributed by atoms with Gasteiger partial charge in [0.15, 0.2) is 6.29 Å². The van der Waals surface area contributed by atoms with E-state index in [9.17, 15) is 9.18 Å². The zero-order chi connectivity index (χ0) is 11.4. The van der Waals surface area contributed by atoms with Gasteiger partial charge in [-0.25, -0.2) is 9.07 Å². The average Bonchev–Trinajstić information content (AvgIpc) is 2.79. The van der Waals surface area contributed by atoms with Crippen LogP contribution in [0.3, 0.4) is 0 Å². The van der Waals surface area contributed by atoms with Crippen molar-refractivity contribution < 1.29 is 9.18 Å². The lowest BCUT2D eigenvalue weighted by atomic mass is 10.1. The zero-order valence-electron chi connectivity index (χ0n) is 9.05. The first-order valence-corrected chi connectivity index (χ1v) is 5.49. The Morgan fingerprint density at radius 2 is 2.25 bits per heavy atom. The molecule has 88 valence electrons. The normalized spacial score (nSPS) is 18.8. The molecule has 0 aromatic carbocycles. The Bertz CT molecular complexity index is 346. The Labute approximate surface area is 93.2 Å². The minimum atomic E-state index is -0.288. The van der Waals surface area contributed by atoms with Crippen LogP contribution >= 0.6 is 0 Å². The molecule has 1 aliphatic rings. The van der Waals surface area contributed by atoms with Gasteiger partial charge in [-0.3, -0.25) is 4.79 Å². The summed E-state index contributed by atoms with van der Waals surface area (Å²) in [6.45, 7) is 1.99. The van der Waals surface area contributed by atoms with E-state index in [-0.39, 0.29) is 12.7 Å². The molecule has 0 saturated carbocycles. The fraction of sp³-hybridized carbons (Fsp3) is 0.700. The molecule has 0 atom stereocenters. The first-order chi connectivity index (χ1) is 7.83. The van der Waals surface area contributed by atoms with E-state index in [2.05, 4.69) is 15.2 Å². The molecule has 2 rings (SSSR count). The number of alkyl halides is 1. The van der Waals surface area contributed by atoms with Crippen molar-refractivity contribution in [2.45, 2.75) is 18.9 Å². The molecular weight excluding hydrogens is 211 g/mol. The number of hydrogen-bond donors (Lipinski definition) is 0. The van der Waals surface area contributed by atoms with E-state index in [1.54, 1.807) is 10.9 Å². The predicted molar refractivity (Wildman–Crippen MR) is 56.1 cm³/mol. The molecule has 2 heterocycles. The fourth-order valence-corrected chi connectivity index (χ4v) is 2.05. The summed E-state index contributed by atoms with van der Waals surface area (Å²) in [5, 5.41) is 7.66. The van der Waals surface area contributed by atoms with E-state index in [1.807, 2.05) is 0 Å². The molecule has 6 heteroatoms. The summed E-state index contributed by atoms with van der Waals surface area (Å²) < 4.78 is 13.9. The smallest absolute Gasteiger partial charge is 0.171 e. The van der Waals surface area contributed by atoms with Crippen LogP contribution < -0.4 is 0 Å². The molecule has 0 aliphatic carbocycles. The van der Waals surface area contributed by atoms with E-state index in [1.165, 1.54) is 0 Å². The van der Waals surface area contributed by atoms with Gasteiger partial charge in [0.25, 0.3) is 0 Å². The predicted octanol–water partition coefficient (Wildman–Crippen LogP) is 0.697. The number of rotatable bonds is 4. The number of aromatic nitrogens is 3. The molecule has 0 N–H and O–H groups in total. The van der Waals surface area contributed by atoms with Gasteiger partial charge in [-0.2, -0.15) is 0 Å². The van der Waals surface area contributed by atoms with Crippen molar-refractivity contribution in [1.82, 2.24) is 19.9 Å². The summed E-state index contributed by atoms with van der Waals surface area (Å²) in [6, 6.07) is 0.289. The van der Waals surface area contributed by atoms with Gasteiger partial charge in [-0.05, 0) is 12.8 Å². The second-order valence-electron chi connectivity index (χ2n) is 4.00. The standard InChI is InChI=1S/C10H15FN4O/c11-3-6-14-4-1-10(2-5-14)15-7-9(8-16)12-13-15/h7-8,10H,1-6H2. The van der Waals surface area contributed by atoms with E-state index in [4.69, 9.17) is 0 Å². The molecule has 16 heavy (non-hydrogen) atoms. The summed E-state index contributed by atoms with van der Waals surface area (Å²) in [6.07, 6.45) is 4.23. The minimum absolute atomic E-state index is 0.288. The Morgan fingerprint density at radius 3 is 2.81 bits per heavy atom. The lowest BCUT2D eigenvalue weighted by molar-refractivity contribution is 0.111. The van der Waals surface area contributed by atoms with Gasteiger partial charge in [0.2, 0.25) is 0 Å². The van der Waals surface area contributed by atoms with E-state index >= 15 is 0 Å². The van der Waals surface area contributed by atoms with Gasteiger partial charge >= 0.3 is 0 Å². The van der Waals surface area contributed by atoms with Crippen molar-refractivity contribution in [3.63, 3.8) is 0 Å². The number of carbonyl (C=O) groups excluding carboxylic acids is 1. The van der Waals surface area contributed by atoms with Crippen LogP contribution in [0.15, 0.2) is 6.20 Å². The largest absolute Gasteiger partial charge is 0.301 e. The Balaban J connectivity index is 1.91. The maximum atomic E-state index is 12.1. The molecule has 1 aromatic rings. The van der Waals surface area contributed by atoms with Gasteiger partial charge in [-0.1, -0.05) is 5.21 Å². The van der Waals surface area contributed by atoms with Crippen LogP contribution in [0.25, 0.3) is 0 Å². The highest BCUT2D eigenvalue weighted by molar-refractivity contribution is 5.70. The van der Waals surface area contributed by atoms with Crippen molar-refractivity contribution >= 4 is 6.29 Å². The van der Waals surface area contributed by atoms with Crippen molar-refractivity contribution in [3.05, 3.63) is 11.9 Å². The number of piperidine rings is 1. The third-order valence-electron chi connectivity index (χ3n) is 2.98. The quantitative estimate of drug-likeness (QED) is 0.709. The highest BCUT2D eigenvalue weighted by Crippen LogP contribution is 2.21. The van der Waals surface area contributed by atoms with Gasteiger partial charge in [0.05, 0.1) is 12.2 Å². The van der Waals surface area contributed by atoms with Crippen LogP contribution in [0.5, 0.6) is 0 Å². The van der Waals surface area contributed by atoms with Crippen LogP contribution in [0.4, 0.5) is 4.39 Å². The fourth-order valence-electron chi connectivity index (χ4n) is 2.05. The lowest BCUT2D eigenvalue weighted by Crippen LogP contribution is -2.36. The molecule has 0 unspecified atom stereocenters. The maximum absolute atomic E-state index is 12.1. The number of nitrogens with zero attached hydrogens (tertiary/aromatic N) is 4. The molecular formula is C10H15FN4O. The first kappa shape index (κ1) is 11.2. The van der Waals surface area contributed by atoms with Gasteiger partial charge in [0, 0.05) is 19.6 Å². The summed E-state index contributed by atoms with van der Waals surface area (Å²) in [5.74, 6) is 0. The molecule has 1 aromatic heterocycles. The van der Waals surface area contributed by atoms with E-state index < -0.39 is 0 Å². The highest BCUT2D eigenvalue weighted by Gasteiger charge is 2.21. The first-order valence-electron chi connectivity index (χ1n) is 5.49. The van der Waals surface area contributed by atoms with Crippen LogP contribution in [0.2, 0.25) is 0 Å². The van der Waals surface area contributed by atoms with Gasteiger partial charge in [0.1, 0.15) is 12.4 Å². The summed E-state index contributed by atoms with van der Waals surface area (Å²) in [4.78, 5) is 12.6. The molecule has 0 amide bonds. The van der Waals surface area contributed by atoms with E-state index in [0.717, 1.165) is 25.9 Å². The summed E-state index contributed by atoms with van der Waals surface area (Å²) in [5.41, 5.74) is 0.367. The van der Waals surface area contributed by atoms with Crippen molar-refractivity contribution in [1.29, 1.82) is 0 Å². The molecule has 0 spiro atoms. The second-order valence-corrected chi connectivity index (χ2v) is 4.00. The van der Waals surface area contributed by atoms with Gasteiger partial charge < -0.3 is 4.90 Å². The van der Waals surface area contributed by atoms with Crippen molar-refractivity contribution in [3.8, 4) is 0 Å². The zero-order valence-corrected chi connectivity index (χ0v) is 9.05. The van der Waals surface area contributed by atoms with Crippen LogP contribution in [-0.4, -0.2) is 52.5 Å². The van der Waals surface area contributed by atoms with Crippen molar-refractivity contribution in [2.75, 3.05) is 26.3 Å². The molecule has 1 fully saturated rings. The highest BCUT2D eigenvalue weighted by atomic mass is 19.1. The third-order valence-corrected chi connectivity index (χ3v) is 2.98. The Hall–Kier alpha value is -1.30. The Kier molecular flexibility index (Phi) is 3.61. The summed E-state index contributed by atoms with van der Waals surface area (Å²) in [7, 11) is 0. The number of halogens is 1. The van der Waals surface area contributed by atoms with E-state index in [0.29, 0.717) is 18.5 Å². The SMILES string of the molecule is O=Cc1cn(C2CCN(CCF)CC2)nn1. The number of carbonyl (C=O) groups is 1. The molecule has 5 nitrogen and oxygen atoms in total. The number of likely N-dealkylation sites (tertiary alicyclic amines) is 1. The molecule has 0 radical (unpaired) electrons. The Morgan fingerprint density at radius 1 is 1.50 bits per heavy atom. The topological polar surface area (TPSA) is 51.0 Å². The van der Waals surface area contributed by atoms with Crippen LogP contribution in [0.1, 0.15) is 29.4 Å². The number of hydrogen-bond acceptors (Lipinski definition) is 4. The van der Waals surface area contributed by atoms with Crippen LogP contribution in [-0.2, 0) is 0 Å². The molecule has 1 saturated heterocycles. The lowest BCUT2D eigenvalue weighted by Gasteiger charge is -2.30. The third kappa shape index (κ3) is 2.44. The second kappa shape index (κ2) is 5.16. The maximum Gasteiger partial charge on any atom is 0.171 e. The molecule has 1 aliphatic heterocycles. The monoisotopic (exact) mass is 226 g/mol. The average molecular weight is 226 g/mol. The minimum Gasteiger partial charge on any atom is -0.301 e. The molecule has 0 bridgehead atoms.